The molecule has 1 saturated heterocycles. The Bertz CT molecular complexity index is 711. The van der Waals surface area contributed by atoms with Crippen LogP contribution in [-0.4, -0.2) is 42.8 Å². The fraction of sp³-hybridized carbons (Fsp3) is 0.385. The quantitative estimate of drug-likeness (QED) is 0.840. The molecular weight excluding hydrogens is 332 g/mol. The van der Waals surface area contributed by atoms with Crippen molar-refractivity contribution in [2.75, 3.05) is 13.1 Å². The summed E-state index contributed by atoms with van der Waals surface area (Å²) in [7, 11) is -3.82. The lowest BCUT2D eigenvalue weighted by Gasteiger charge is -2.29. The Morgan fingerprint density at radius 1 is 1.27 bits per heavy atom. The molecule has 0 atom stereocenters. The first-order chi connectivity index (χ1) is 10.2. The van der Waals surface area contributed by atoms with Crippen molar-refractivity contribution in [2.24, 2.45) is 11.7 Å². The maximum Gasteiger partial charge on any atom is 0.337 e. The number of halogens is 1. The van der Waals surface area contributed by atoms with Gasteiger partial charge in [0.25, 0.3) is 0 Å². The molecule has 0 bridgehead atoms. The molecule has 0 spiro atoms. The largest absolute Gasteiger partial charge is 0.478 e. The minimum absolute atomic E-state index is 0.0288. The van der Waals surface area contributed by atoms with Gasteiger partial charge in [-0.05, 0) is 31.0 Å². The molecule has 22 heavy (non-hydrogen) atoms. The number of amides is 1. The van der Waals surface area contributed by atoms with Crippen molar-refractivity contribution >= 4 is 33.5 Å². The summed E-state index contributed by atoms with van der Waals surface area (Å²) in [4.78, 5) is 22.0. The van der Waals surface area contributed by atoms with E-state index < -0.39 is 21.9 Å². The van der Waals surface area contributed by atoms with E-state index in [0.29, 0.717) is 12.8 Å². The highest BCUT2D eigenvalue weighted by Crippen LogP contribution is 2.26. The number of nitrogens with two attached hydrogens (primary N) is 1. The maximum atomic E-state index is 12.5. The van der Waals surface area contributed by atoms with Crippen LogP contribution < -0.4 is 5.73 Å². The molecule has 0 saturated carbocycles. The van der Waals surface area contributed by atoms with Gasteiger partial charge in [-0.15, -0.1) is 0 Å². The topological polar surface area (TPSA) is 118 Å². The number of benzene rings is 1. The van der Waals surface area contributed by atoms with Gasteiger partial charge >= 0.3 is 5.97 Å². The van der Waals surface area contributed by atoms with E-state index in [4.69, 9.17) is 22.4 Å². The van der Waals surface area contributed by atoms with Gasteiger partial charge in [0.15, 0.2) is 0 Å². The highest BCUT2D eigenvalue weighted by molar-refractivity contribution is 7.89. The summed E-state index contributed by atoms with van der Waals surface area (Å²) in [5.74, 6) is -2.06. The Morgan fingerprint density at radius 2 is 1.86 bits per heavy atom. The lowest BCUT2D eigenvalue weighted by molar-refractivity contribution is -0.122. The molecule has 1 fully saturated rings. The molecule has 1 aliphatic rings. The summed E-state index contributed by atoms with van der Waals surface area (Å²) in [6.45, 7) is 0.335. The number of carboxylic acid groups (broad SMARTS) is 1. The highest BCUT2D eigenvalue weighted by Gasteiger charge is 2.31. The predicted molar refractivity (Wildman–Crippen MR) is 79.1 cm³/mol. The van der Waals surface area contributed by atoms with Crippen LogP contribution in [0.25, 0.3) is 0 Å². The summed E-state index contributed by atoms with van der Waals surface area (Å²) in [5, 5.41) is 8.99. The van der Waals surface area contributed by atoms with Gasteiger partial charge in [0.1, 0.15) is 0 Å². The van der Waals surface area contributed by atoms with Gasteiger partial charge in [0.05, 0.1) is 15.5 Å². The molecule has 1 heterocycles. The van der Waals surface area contributed by atoms with Crippen LogP contribution in [0, 0.1) is 5.92 Å². The van der Waals surface area contributed by atoms with Crippen LogP contribution in [-0.2, 0) is 14.8 Å². The van der Waals surface area contributed by atoms with Crippen LogP contribution in [0.4, 0.5) is 0 Å². The van der Waals surface area contributed by atoms with E-state index in [1.807, 2.05) is 0 Å². The Morgan fingerprint density at radius 3 is 2.36 bits per heavy atom. The van der Waals surface area contributed by atoms with Crippen LogP contribution in [0.15, 0.2) is 23.1 Å². The number of hydrogen-bond donors (Lipinski definition) is 2. The van der Waals surface area contributed by atoms with Crippen molar-refractivity contribution in [1.29, 1.82) is 0 Å². The van der Waals surface area contributed by atoms with Gasteiger partial charge < -0.3 is 10.8 Å². The molecule has 0 unspecified atom stereocenters. The smallest absolute Gasteiger partial charge is 0.337 e. The number of aromatic carboxylic acids is 1. The number of carbonyl (C=O) groups excluding carboxylic acids is 1. The Kier molecular flexibility index (Phi) is 4.74. The summed E-state index contributed by atoms with van der Waals surface area (Å²) < 4.78 is 26.3. The van der Waals surface area contributed by atoms with E-state index in [1.165, 1.54) is 16.4 Å². The van der Waals surface area contributed by atoms with E-state index in [0.717, 1.165) is 6.07 Å². The van der Waals surface area contributed by atoms with Crippen molar-refractivity contribution in [3.8, 4) is 0 Å². The first-order valence-electron chi connectivity index (χ1n) is 6.56. The summed E-state index contributed by atoms with van der Waals surface area (Å²) in [6, 6.07) is 3.55. The molecule has 120 valence electrons. The average Bonchev–Trinajstić information content (AvgIpc) is 2.47. The normalized spacial score (nSPS) is 17.3. The molecule has 1 aromatic carbocycles. The Hall–Kier alpha value is -1.64. The highest BCUT2D eigenvalue weighted by atomic mass is 35.5. The molecule has 1 amide bonds. The molecule has 1 aliphatic heterocycles. The van der Waals surface area contributed by atoms with Gasteiger partial charge in [0.2, 0.25) is 15.9 Å². The van der Waals surface area contributed by atoms with Crippen LogP contribution in [0.5, 0.6) is 0 Å². The zero-order chi connectivity index (χ0) is 16.5. The van der Waals surface area contributed by atoms with Crippen molar-refractivity contribution in [3.63, 3.8) is 0 Å². The van der Waals surface area contributed by atoms with E-state index in [9.17, 15) is 18.0 Å². The Labute approximate surface area is 132 Å². The number of hydrogen-bond acceptors (Lipinski definition) is 4. The number of nitrogens with zero attached hydrogens (tertiary/aromatic N) is 1. The fourth-order valence-corrected chi connectivity index (χ4v) is 4.05. The molecular formula is C13H15ClN2O5S. The van der Waals surface area contributed by atoms with Gasteiger partial charge in [-0.25, -0.2) is 13.2 Å². The average molecular weight is 347 g/mol. The first kappa shape index (κ1) is 16.7. The third kappa shape index (κ3) is 3.23. The molecule has 3 N–H and O–H groups in total. The van der Waals surface area contributed by atoms with Crippen molar-refractivity contribution in [2.45, 2.75) is 17.7 Å². The van der Waals surface area contributed by atoms with Gasteiger partial charge in [-0.3, -0.25) is 4.79 Å². The lowest BCUT2D eigenvalue weighted by Crippen LogP contribution is -2.41. The predicted octanol–water partition coefficient (Wildman–Crippen LogP) is 0.924. The van der Waals surface area contributed by atoms with E-state index in [1.54, 1.807) is 0 Å². The number of primary amides is 1. The molecule has 7 nitrogen and oxygen atoms in total. The van der Waals surface area contributed by atoms with Crippen LogP contribution in [0.2, 0.25) is 5.02 Å². The molecule has 1 aromatic rings. The van der Waals surface area contributed by atoms with Gasteiger partial charge in [-0.1, -0.05) is 11.6 Å². The van der Waals surface area contributed by atoms with Crippen molar-refractivity contribution in [3.05, 3.63) is 28.8 Å². The monoisotopic (exact) mass is 346 g/mol. The number of sulfonamides is 1. The zero-order valence-corrected chi connectivity index (χ0v) is 13.1. The minimum atomic E-state index is -3.82. The third-order valence-corrected chi connectivity index (χ3v) is 5.89. The second-order valence-electron chi connectivity index (χ2n) is 5.03. The van der Waals surface area contributed by atoms with Crippen LogP contribution in [0.3, 0.4) is 0 Å². The standard InChI is InChI=1S/C13H15ClN2O5S/c14-11-2-1-9(7-10(11)13(18)19)22(20,21)16-5-3-8(4-6-16)12(15)17/h1-2,7-8H,3-6H2,(H2,15,17)(H,18,19). The van der Waals surface area contributed by atoms with Crippen LogP contribution in [0.1, 0.15) is 23.2 Å². The van der Waals surface area contributed by atoms with Gasteiger partial charge in [0, 0.05) is 19.0 Å². The zero-order valence-electron chi connectivity index (χ0n) is 11.5. The number of rotatable bonds is 4. The Balaban J connectivity index is 2.26. The molecule has 2 rings (SSSR count). The van der Waals surface area contributed by atoms with E-state index in [2.05, 4.69) is 0 Å². The second kappa shape index (κ2) is 6.23. The molecule has 0 radical (unpaired) electrons. The third-order valence-electron chi connectivity index (χ3n) is 3.66. The SMILES string of the molecule is NC(=O)C1CCN(S(=O)(=O)c2ccc(Cl)c(C(=O)O)c2)CC1. The number of carboxylic acids is 1. The number of carbonyl (C=O) groups is 2. The van der Waals surface area contributed by atoms with Crippen LogP contribution >= 0.6 is 11.6 Å². The van der Waals surface area contributed by atoms with Crippen molar-refractivity contribution in [1.82, 2.24) is 4.31 Å². The summed E-state index contributed by atoms with van der Waals surface area (Å²) in [5.41, 5.74) is 4.95. The van der Waals surface area contributed by atoms with E-state index >= 15 is 0 Å². The molecule has 0 aromatic heterocycles. The maximum absolute atomic E-state index is 12.5. The first-order valence-corrected chi connectivity index (χ1v) is 8.37. The van der Waals surface area contributed by atoms with Gasteiger partial charge in [-0.2, -0.15) is 4.31 Å². The lowest BCUT2D eigenvalue weighted by atomic mass is 9.98. The number of piperidine rings is 1. The fourth-order valence-electron chi connectivity index (χ4n) is 2.36. The summed E-state index contributed by atoms with van der Waals surface area (Å²) in [6.07, 6.45) is 0.710. The summed E-state index contributed by atoms with van der Waals surface area (Å²) >= 11 is 5.74. The van der Waals surface area contributed by atoms with E-state index in [-0.39, 0.29) is 34.5 Å². The molecule has 0 aliphatic carbocycles. The second-order valence-corrected chi connectivity index (χ2v) is 7.37. The van der Waals surface area contributed by atoms with Crippen molar-refractivity contribution < 1.29 is 23.1 Å². The molecule has 9 heteroatoms. The minimum Gasteiger partial charge on any atom is -0.478 e.